The summed E-state index contributed by atoms with van der Waals surface area (Å²) in [6.45, 7) is 9.40. The smallest absolute Gasteiger partial charge is 0.227 e. The minimum atomic E-state index is -0.308. The van der Waals surface area contributed by atoms with Gasteiger partial charge in [0.05, 0.1) is 38.1 Å². The molecule has 0 radical (unpaired) electrons. The maximum absolute atomic E-state index is 11.2. The average molecular weight is 586 g/mol. The average Bonchev–Trinajstić information content (AvgIpc) is 3.05. The summed E-state index contributed by atoms with van der Waals surface area (Å²) < 4.78 is 17.2. The van der Waals surface area contributed by atoms with Gasteiger partial charge in [-0.05, 0) is 49.6 Å². The first-order chi connectivity index (χ1) is 20.9. The molecule has 226 valence electrons. The van der Waals surface area contributed by atoms with Crippen molar-refractivity contribution in [2.45, 2.75) is 38.8 Å². The molecule has 0 saturated carbocycles. The molecule has 1 amide bonds. The van der Waals surface area contributed by atoms with Crippen LogP contribution in [-0.4, -0.2) is 86.0 Å². The summed E-state index contributed by atoms with van der Waals surface area (Å²) in [6.07, 6.45) is 5.43. The lowest BCUT2D eigenvalue weighted by Gasteiger charge is -2.40. The summed E-state index contributed by atoms with van der Waals surface area (Å²) in [5, 5.41) is 15.5. The Morgan fingerprint density at radius 1 is 1.07 bits per heavy atom. The molecule has 3 aromatic rings. The van der Waals surface area contributed by atoms with Crippen LogP contribution in [0.25, 0.3) is 11.1 Å². The van der Waals surface area contributed by atoms with Crippen LogP contribution >= 0.6 is 0 Å². The quantitative estimate of drug-likeness (QED) is 0.361. The van der Waals surface area contributed by atoms with Crippen molar-refractivity contribution in [2.75, 3.05) is 63.3 Å². The van der Waals surface area contributed by atoms with E-state index in [1.807, 2.05) is 19.1 Å². The number of hydrogen-bond acceptors (Lipinski definition) is 10. The first-order valence-electron chi connectivity index (χ1n) is 14.7. The largest absolute Gasteiger partial charge is 0.494 e. The van der Waals surface area contributed by atoms with Gasteiger partial charge in [-0.1, -0.05) is 6.07 Å². The monoisotopic (exact) mass is 585 g/mol. The molecule has 3 heterocycles. The summed E-state index contributed by atoms with van der Waals surface area (Å²) in [6, 6.07) is 14.3. The van der Waals surface area contributed by atoms with Crippen molar-refractivity contribution in [3.8, 4) is 28.7 Å². The van der Waals surface area contributed by atoms with Crippen LogP contribution in [0.15, 0.2) is 48.8 Å². The van der Waals surface area contributed by atoms with Gasteiger partial charge in [0.2, 0.25) is 11.9 Å². The summed E-state index contributed by atoms with van der Waals surface area (Å²) in [7, 11) is 1.67. The molecule has 2 fully saturated rings. The molecular formula is C32H39N7O4. The van der Waals surface area contributed by atoms with Gasteiger partial charge in [-0.2, -0.15) is 5.26 Å². The summed E-state index contributed by atoms with van der Waals surface area (Å²) >= 11 is 0. The van der Waals surface area contributed by atoms with Crippen molar-refractivity contribution in [3.63, 3.8) is 0 Å². The molecule has 11 heteroatoms. The van der Waals surface area contributed by atoms with E-state index in [9.17, 15) is 10.1 Å². The number of amides is 1. The topological polar surface area (TPSA) is 125 Å². The molecule has 2 saturated heterocycles. The van der Waals surface area contributed by atoms with E-state index in [0.29, 0.717) is 29.8 Å². The molecule has 2 aromatic carbocycles. The minimum absolute atomic E-state index is 0.135. The number of nitriles is 1. The molecule has 43 heavy (non-hydrogen) atoms. The van der Waals surface area contributed by atoms with Gasteiger partial charge >= 0.3 is 0 Å². The molecule has 0 aliphatic carbocycles. The Kier molecular flexibility index (Phi) is 9.92. The van der Waals surface area contributed by atoms with Crippen molar-refractivity contribution in [1.29, 1.82) is 5.26 Å². The molecule has 2 N–H and O–H groups in total. The van der Waals surface area contributed by atoms with Gasteiger partial charge in [-0.15, -0.1) is 0 Å². The predicted octanol–water partition coefficient (Wildman–Crippen LogP) is 3.97. The third-order valence-corrected chi connectivity index (χ3v) is 7.88. The lowest BCUT2D eigenvalue weighted by Crippen LogP contribution is -2.49. The molecule has 2 aliphatic heterocycles. The molecule has 11 nitrogen and oxygen atoms in total. The molecule has 5 rings (SSSR count). The molecule has 1 atom stereocenters. The third kappa shape index (κ3) is 7.71. The molecular weight excluding hydrogens is 546 g/mol. The highest BCUT2D eigenvalue weighted by atomic mass is 16.5. The van der Waals surface area contributed by atoms with Gasteiger partial charge in [0, 0.05) is 68.9 Å². The fraction of sp³-hybridized carbons (Fsp3) is 0.438. The fourth-order valence-corrected chi connectivity index (χ4v) is 5.51. The van der Waals surface area contributed by atoms with Crippen molar-refractivity contribution in [1.82, 2.24) is 20.2 Å². The van der Waals surface area contributed by atoms with Crippen LogP contribution in [0, 0.1) is 11.3 Å². The highest BCUT2D eigenvalue weighted by molar-refractivity contribution is 5.73. The number of anilines is 3. The number of piperidine rings is 1. The van der Waals surface area contributed by atoms with E-state index < -0.39 is 0 Å². The summed E-state index contributed by atoms with van der Waals surface area (Å²) in [5.74, 6) is 1.47. The second-order valence-corrected chi connectivity index (χ2v) is 10.9. The number of aromatic nitrogens is 2. The van der Waals surface area contributed by atoms with Crippen molar-refractivity contribution >= 4 is 23.2 Å². The van der Waals surface area contributed by atoms with Crippen LogP contribution in [0.3, 0.4) is 0 Å². The predicted molar refractivity (Wildman–Crippen MR) is 165 cm³/mol. The Hall–Kier alpha value is -4.40. The van der Waals surface area contributed by atoms with E-state index in [2.05, 4.69) is 48.6 Å². The number of hydrogen-bond donors (Lipinski definition) is 2. The van der Waals surface area contributed by atoms with Crippen molar-refractivity contribution in [3.05, 3.63) is 54.4 Å². The third-order valence-electron chi connectivity index (χ3n) is 7.88. The van der Waals surface area contributed by atoms with Gasteiger partial charge in [0.1, 0.15) is 23.7 Å². The van der Waals surface area contributed by atoms with Crippen molar-refractivity contribution < 1.29 is 19.0 Å². The number of carbonyl (C=O) groups excluding carboxylic acids is 1. The van der Waals surface area contributed by atoms with Crippen LogP contribution in [0.2, 0.25) is 0 Å². The maximum atomic E-state index is 11.2. The number of rotatable bonds is 10. The number of nitrogens with zero attached hydrogens (tertiary/aromatic N) is 5. The van der Waals surface area contributed by atoms with Gasteiger partial charge in [0.15, 0.2) is 0 Å². The van der Waals surface area contributed by atoms with Crippen LogP contribution in [0.5, 0.6) is 11.5 Å². The van der Waals surface area contributed by atoms with Gasteiger partial charge in [-0.25, -0.2) is 9.97 Å². The first-order valence-corrected chi connectivity index (χ1v) is 14.7. The Balaban J connectivity index is 1.22. The maximum Gasteiger partial charge on any atom is 0.227 e. The second-order valence-electron chi connectivity index (χ2n) is 10.9. The molecule has 0 bridgehead atoms. The SMILES string of the molecule is COc1cc(N2CCC(N3CCOCC3)CC2)ccc1Nc1ncc(-c2ccc(C#N)c(O[C@@H](C)CNC(C)=O)c2)cn1. The van der Waals surface area contributed by atoms with E-state index in [4.69, 9.17) is 14.2 Å². The lowest BCUT2D eigenvalue weighted by molar-refractivity contribution is -0.119. The van der Waals surface area contributed by atoms with Crippen LogP contribution in [-0.2, 0) is 9.53 Å². The second kappa shape index (κ2) is 14.2. The Morgan fingerprint density at radius 3 is 2.49 bits per heavy atom. The zero-order valence-corrected chi connectivity index (χ0v) is 25.0. The van der Waals surface area contributed by atoms with Gasteiger partial charge < -0.3 is 29.7 Å². The van der Waals surface area contributed by atoms with E-state index >= 15 is 0 Å². The zero-order valence-electron chi connectivity index (χ0n) is 25.0. The number of carbonyl (C=O) groups is 1. The van der Waals surface area contributed by atoms with Gasteiger partial charge in [0.25, 0.3) is 0 Å². The highest BCUT2D eigenvalue weighted by Crippen LogP contribution is 2.33. The molecule has 0 unspecified atom stereocenters. The number of methoxy groups -OCH3 is 1. The number of nitrogens with one attached hydrogen (secondary N) is 2. The molecule has 2 aliphatic rings. The van der Waals surface area contributed by atoms with Crippen LogP contribution < -0.4 is 25.0 Å². The van der Waals surface area contributed by atoms with Crippen LogP contribution in [0.1, 0.15) is 32.3 Å². The van der Waals surface area contributed by atoms with E-state index in [1.165, 1.54) is 6.92 Å². The van der Waals surface area contributed by atoms with Gasteiger partial charge in [-0.3, -0.25) is 9.69 Å². The number of ether oxygens (including phenoxy) is 3. The zero-order chi connectivity index (χ0) is 30.2. The normalized spacial score (nSPS) is 16.7. The Bertz CT molecular complexity index is 1430. The fourth-order valence-electron chi connectivity index (χ4n) is 5.51. The summed E-state index contributed by atoms with van der Waals surface area (Å²) in [4.78, 5) is 25.3. The van der Waals surface area contributed by atoms with Crippen molar-refractivity contribution in [2.24, 2.45) is 0 Å². The Labute approximate surface area is 252 Å². The minimum Gasteiger partial charge on any atom is -0.494 e. The summed E-state index contributed by atoms with van der Waals surface area (Å²) in [5.41, 5.74) is 3.92. The van der Waals surface area contributed by atoms with E-state index in [-0.39, 0.29) is 12.0 Å². The Morgan fingerprint density at radius 2 is 1.81 bits per heavy atom. The highest BCUT2D eigenvalue weighted by Gasteiger charge is 2.26. The first kappa shape index (κ1) is 30.1. The number of morpholine rings is 1. The van der Waals surface area contributed by atoms with Crippen LogP contribution in [0.4, 0.5) is 17.3 Å². The molecule has 0 spiro atoms. The van der Waals surface area contributed by atoms with E-state index in [1.54, 1.807) is 31.6 Å². The number of benzene rings is 2. The van der Waals surface area contributed by atoms with E-state index in [0.717, 1.165) is 80.5 Å². The molecule has 1 aromatic heterocycles. The standard InChI is InChI=1S/C32H39N7O4/c1-22(19-34-23(2)40)43-30-16-24(4-5-25(30)18-33)26-20-35-32(36-21-26)37-29-7-6-28(17-31(29)41-3)38-10-8-27(9-11-38)39-12-14-42-15-13-39/h4-7,16-17,20-22,27H,8-15,19H2,1-3H3,(H,34,40)(H,35,36,37)/t22-/m0/s1. The lowest BCUT2D eigenvalue weighted by atomic mass is 10.0.